The molecule has 0 saturated heterocycles. The van der Waals surface area contributed by atoms with E-state index < -0.39 is 0 Å². The van der Waals surface area contributed by atoms with Gasteiger partial charge in [0, 0.05) is 17.0 Å². The molecule has 3 rings (SSSR count). The standard InChI is InChI=1S/C20H21NO3/c1-13-6-4-5-7-17(13)14(2)21-20(22)10-15-12-24-19-11-16(23-3)8-9-18(15)19/h4-9,11-12,14H,10H2,1-3H3,(H,21,22). The molecule has 1 atom stereocenters. The van der Waals surface area contributed by atoms with Gasteiger partial charge in [-0.1, -0.05) is 24.3 Å². The van der Waals surface area contributed by atoms with Crippen LogP contribution < -0.4 is 10.1 Å². The molecule has 1 aromatic heterocycles. The number of fused-ring (bicyclic) bond motifs is 1. The molecule has 1 N–H and O–H groups in total. The van der Waals surface area contributed by atoms with Gasteiger partial charge in [0.05, 0.1) is 25.8 Å². The average molecular weight is 323 g/mol. The highest BCUT2D eigenvalue weighted by Gasteiger charge is 2.14. The molecule has 1 unspecified atom stereocenters. The van der Waals surface area contributed by atoms with Crippen LogP contribution in [0.25, 0.3) is 11.0 Å². The maximum Gasteiger partial charge on any atom is 0.225 e. The van der Waals surface area contributed by atoms with Gasteiger partial charge in [0.25, 0.3) is 0 Å². The first-order valence-electron chi connectivity index (χ1n) is 7.97. The summed E-state index contributed by atoms with van der Waals surface area (Å²) in [5.74, 6) is 0.713. The predicted octanol–water partition coefficient (Wildman–Crippen LogP) is 4.17. The Balaban J connectivity index is 1.72. The van der Waals surface area contributed by atoms with E-state index in [0.29, 0.717) is 0 Å². The second kappa shape index (κ2) is 6.79. The maximum absolute atomic E-state index is 12.4. The molecule has 3 aromatic rings. The summed E-state index contributed by atoms with van der Waals surface area (Å²) in [5.41, 5.74) is 3.91. The van der Waals surface area contributed by atoms with Gasteiger partial charge >= 0.3 is 0 Å². The fourth-order valence-electron chi connectivity index (χ4n) is 2.94. The van der Waals surface area contributed by atoms with Crippen LogP contribution in [0.4, 0.5) is 0 Å². The molecule has 2 aromatic carbocycles. The number of nitrogens with one attached hydrogen (secondary N) is 1. The molecule has 0 saturated carbocycles. The third kappa shape index (κ3) is 3.27. The molecule has 0 aliphatic heterocycles. The number of rotatable bonds is 5. The van der Waals surface area contributed by atoms with Gasteiger partial charge in [-0.05, 0) is 37.1 Å². The number of ether oxygens (including phenoxy) is 1. The lowest BCUT2D eigenvalue weighted by molar-refractivity contribution is -0.121. The lowest BCUT2D eigenvalue weighted by Crippen LogP contribution is -2.28. The number of hydrogen-bond donors (Lipinski definition) is 1. The SMILES string of the molecule is COc1ccc2c(CC(=O)NC(C)c3ccccc3C)coc2c1. The third-order valence-corrected chi connectivity index (χ3v) is 4.25. The topological polar surface area (TPSA) is 51.5 Å². The fourth-order valence-corrected chi connectivity index (χ4v) is 2.94. The van der Waals surface area contributed by atoms with Crippen LogP contribution in [-0.4, -0.2) is 13.0 Å². The molecule has 0 aliphatic carbocycles. The second-order valence-electron chi connectivity index (χ2n) is 5.95. The predicted molar refractivity (Wildman–Crippen MR) is 94.2 cm³/mol. The monoisotopic (exact) mass is 323 g/mol. The molecule has 0 fully saturated rings. The molecule has 124 valence electrons. The van der Waals surface area contributed by atoms with Crippen molar-refractivity contribution in [1.82, 2.24) is 5.32 Å². The summed E-state index contributed by atoms with van der Waals surface area (Å²) in [7, 11) is 1.62. The Morgan fingerprint density at radius 3 is 2.79 bits per heavy atom. The van der Waals surface area contributed by atoms with Gasteiger partial charge in [-0.15, -0.1) is 0 Å². The van der Waals surface area contributed by atoms with Crippen LogP contribution in [0.3, 0.4) is 0 Å². The molecular weight excluding hydrogens is 302 g/mol. The van der Waals surface area contributed by atoms with Crippen LogP contribution in [-0.2, 0) is 11.2 Å². The van der Waals surface area contributed by atoms with Crippen LogP contribution in [0.1, 0.15) is 29.7 Å². The van der Waals surface area contributed by atoms with E-state index in [9.17, 15) is 4.79 Å². The molecular formula is C20H21NO3. The molecule has 4 nitrogen and oxygen atoms in total. The van der Waals surface area contributed by atoms with Crippen molar-refractivity contribution in [3.8, 4) is 5.75 Å². The van der Waals surface area contributed by atoms with Crippen LogP contribution in [0.2, 0.25) is 0 Å². The van der Waals surface area contributed by atoms with E-state index in [4.69, 9.17) is 9.15 Å². The molecule has 0 radical (unpaired) electrons. The Morgan fingerprint density at radius 1 is 1.25 bits per heavy atom. The minimum Gasteiger partial charge on any atom is -0.497 e. The van der Waals surface area contributed by atoms with E-state index in [2.05, 4.69) is 18.3 Å². The summed E-state index contributed by atoms with van der Waals surface area (Å²) in [4.78, 5) is 12.4. The van der Waals surface area contributed by atoms with Crippen LogP contribution in [0.15, 0.2) is 53.1 Å². The number of furan rings is 1. The van der Waals surface area contributed by atoms with E-state index in [1.807, 2.05) is 43.3 Å². The Bertz CT molecular complexity index is 866. The van der Waals surface area contributed by atoms with Gasteiger partial charge in [0.15, 0.2) is 0 Å². The third-order valence-electron chi connectivity index (χ3n) is 4.25. The van der Waals surface area contributed by atoms with Crippen molar-refractivity contribution in [2.24, 2.45) is 0 Å². The quantitative estimate of drug-likeness (QED) is 0.766. The van der Waals surface area contributed by atoms with E-state index >= 15 is 0 Å². The Labute approximate surface area is 141 Å². The molecule has 0 spiro atoms. The smallest absolute Gasteiger partial charge is 0.225 e. The Kier molecular flexibility index (Phi) is 4.56. The van der Waals surface area contributed by atoms with Gasteiger partial charge in [0.1, 0.15) is 11.3 Å². The lowest BCUT2D eigenvalue weighted by atomic mass is 10.0. The number of methoxy groups -OCH3 is 1. The zero-order valence-corrected chi connectivity index (χ0v) is 14.1. The van der Waals surface area contributed by atoms with E-state index in [0.717, 1.165) is 27.8 Å². The van der Waals surface area contributed by atoms with Crippen molar-refractivity contribution < 1.29 is 13.9 Å². The highest BCUT2D eigenvalue weighted by atomic mass is 16.5. The van der Waals surface area contributed by atoms with Gasteiger partial charge in [-0.25, -0.2) is 0 Å². The zero-order valence-electron chi connectivity index (χ0n) is 14.1. The van der Waals surface area contributed by atoms with E-state index in [1.165, 1.54) is 5.56 Å². The van der Waals surface area contributed by atoms with Gasteiger partial charge in [-0.2, -0.15) is 0 Å². The molecule has 1 heterocycles. The summed E-state index contributed by atoms with van der Waals surface area (Å²) in [6, 6.07) is 13.7. The first-order chi connectivity index (χ1) is 11.6. The molecule has 0 bridgehead atoms. The normalized spacial score (nSPS) is 12.1. The Hall–Kier alpha value is -2.75. The van der Waals surface area contributed by atoms with Crippen LogP contribution in [0, 0.1) is 6.92 Å². The van der Waals surface area contributed by atoms with Gasteiger partial charge in [-0.3, -0.25) is 4.79 Å². The van der Waals surface area contributed by atoms with Crippen molar-refractivity contribution in [2.45, 2.75) is 26.3 Å². The summed E-state index contributed by atoms with van der Waals surface area (Å²) in [5, 5.41) is 4.00. The highest BCUT2D eigenvalue weighted by molar-refractivity contribution is 5.88. The van der Waals surface area contributed by atoms with E-state index in [1.54, 1.807) is 13.4 Å². The molecule has 1 amide bonds. The van der Waals surface area contributed by atoms with Crippen molar-refractivity contribution in [3.63, 3.8) is 0 Å². The summed E-state index contributed by atoms with van der Waals surface area (Å²) < 4.78 is 10.7. The van der Waals surface area contributed by atoms with Crippen molar-refractivity contribution >= 4 is 16.9 Å². The minimum atomic E-state index is -0.0306. The van der Waals surface area contributed by atoms with Crippen molar-refractivity contribution in [2.75, 3.05) is 7.11 Å². The first kappa shape index (κ1) is 16.1. The number of carbonyl (C=O) groups excluding carboxylic acids is 1. The first-order valence-corrected chi connectivity index (χ1v) is 7.97. The van der Waals surface area contributed by atoms with E-state index in [-0.39, 0.29) is 18.4 Å². The average Bonchev–Trinajstić information content (AvgIpc) is 2.97. The molecule has 24 heavy (non-hydrogen) atoms. The number of aryl methyl sites for hydroxylation is 1. The summed E-state index contributed by atoms with van der Waals surface area (Å²) in [6.07, 6.45) is 1.93. The van der Waals surface area contributed by atoms with Crippen LogP contribution >= 0.6 is 0 Å². The number of amides is 1. The molecule has 4 heteroatoms. The number of hydrogen-bond acceptors (Lipinski definition) is 3. The Morgan fingerprint density at radius 2 is 2.04 bits per heavy atom. The van der Waals surface area contributed by atoms with Crippen molar-refractivity contribution in [3.05, 3.63) is 65.4 Å². The fraction of sp³-hybridized carbons (Fsp3) is 0.250. The largest absolute Gasteiger partial charge is 0.497 e. The maximum atomic E-state index is 12.4. The molecule has 0 aliphatic rings. The van der Waals surface area contributed by atoms with Crippen molar-refractivity contribution in [1.29, 1.82) is 0 Å². The lowest BCUT2D eigenvalue weighted by Gasteiger charge is -2.16. The second-order valence-corrected chi connectivity index (χ2v) is 5.95. The van der Waals surface area contributed by atoms with Gasteiger partial charge in [0.2, 0.25) is 5.91 Å². The van der Waals surface area contributed by atoms with Crippen LogP contribution in [0.5, 0.6) is 5.75 Å². The highest BCUT2D eigenvalue weighted by Crippen LogP contribution is 2.26. The number of benzene rings is 2. The zero-order chi connectivity index (χ0) is 17.1. The minimum absolute atomic E-state index is 0.0238. The van der Waals surface area contributed by atoms with Gasteiger partial charge < -0.3 is 14.5 Å². The number of carbonyl (C=O) groups is 1. The summed E-state index contributed by atoms with van der Waals surface area (Å²) >= 11 is 0. The summed E-state index contributed by atoms with van der Waals surface area (Å²) in [6.45, 7) is 4.05.